The van der Waals surface area contributed by atoms with Crippen molar-refractivity contribution in [1.82, 2.24) is 4.90 Å². The summed E-state index contributed by atoms with van der Waals surface area (Å²) in [5, 5.41) is 0.754. The molecule has 1 aromatic carbocycles. The second-order valence-corrected chi connectivity index (χ2v) is 5.61. The summed E-state index contributed by atoms with van der Waals surface area (Å²) in [6, 6.07) is 7.67. The Labute approximate surface area is 121 Å². The number of nitrogens with zero attached hydrogens (tertiary/aromatic N) is 1. The second-order valence-electron chi connectivity index (χ2n) is 5.18. The third-order valence-electron chi connectivity index (χ3n) is 3.04. The van der Waals surface area contributed by atoms with Crippen LogP contribution in [-0.4, -0.2) is 24.5 Å². The molecule has 0 unspecified atom stereocenters. The molecule has 0 atom stereocenters. The molecule has 0 aromatic heterocycles. The van der Waals surface area contributed by atoms with Gasteiger partial charge in [-0.2, -0.15) is 0 Å². The molecule has 1 radical (unpaired) electrons. The molecule has 0 amide bonds. The van der Waals surface area contributed by atoms with Crippen molar-refractivity contribution in [2.45, 2.75) is 20.3 Å². The summed E-state index contributed by atoms with van der Waals surface area (Å²) in [6.07, 6.45) is 3.29. The van der Waals surface area contributed by atoms with Gasteiger partial charge < -0.3 is 0 Å². The third-order valence-corrected chi connectivity index (χ3v) is 3.30. The molecule has 1 aliphatic heterocycles. The van der Waals surface area contributed by atoms with E-state index < -0.39 is 0 Å². The SMILES string of the molecule is C[C](C)CN1CC=C(C#Cc2ccc(Cl)cc2)CC1. The van der Waals surface area contributed by atoms with Gasteiger partial charge >= 0.3 is 0 Å². The summed E-state index contributed by atoms with van der Waals surface area (Å²) >= 11 is 5.85. The molecule has 2 rings (SSSR count). The molecule has 19 heavy (non-hydrogen) atoms. The fourth-order valence-corrected chi connectivity index (χ4v) is 2.23. The minimum Gasteiger partial charge on any atom is -0.299 e. The summed E-state index contributed by atoms with van der Waals surface area (Å²) in [5.74, 6) is 7.92. The van der Waals surface area contributed by atoms with E-state index in [1.54, 1.807) is 0 Å². The molecule has 99 valence electrons. The first-order valence-electron chi connectivity index (χ1n) is 6.61. The molecule has 0 N–H and O–H groups in total. The van der Waals surface area contributed by atoms with Crippen molar-refractivity contribution in [3.8, 4) is 11.8 Å². The number of halogens is 1. The van der Waals surface area contributed by atoms with Crippen LogP contribution in [0, 0.1) is 17.8 Å². The summed E-state index contributed by atoms with van der Waals surface area (Å²) in [6.45, 7) is 7.57. The average molecular weight is 273 g/mol. The van der Waals surface area contributed by atoms with Crippen molar-refractivity contribution in [3.63, 3.8) is 0 Å². The number of hydrogen-bond donors (Lipinski definition) is 0. The van der Waals surface area contributed by atoms with Crippen molar-refractivity contribution in [1.29, 1.82) is 0 Å². The van der Waals surface area contributed by atoms with Crippen LogP contribution in [0.1, 0.15) is 25.8 Å². The Hall–Kier alpha value is -1.23. The zero-order valence-electron chi connectivity index (χ0n) is 11.5. The molecule has 0 saturated heterocycles. The van der Waals surface area contributed by atoms with Crippen molar-refractivity contribution in [2.24, 2.45) is 0 Å². The molecule has 0 aliphatic carbocycles. The van der Waals surface area contributed by atoms with Gasteiger partial charge in [0.2, 0.25) is 0 Å². The summed E-state index contributed by atoms with van der Waals surface area (Å²) < 4.78 is 0. The van der Waals surface area contributed by atoms with E-state index in [1.165, 1.54) is 11.5 Å². The fourth-order valence-electron chi connectivity index (χ4n) is 2.10. The number of rotatable bonds is 2. The van der Waals surface area contributed by atoms with Crippen molar-refractivity contribution < 1.29 is 0 Å². The molecular weight excluding hydrogens is 254 g/mol. The predicted molar refractivity (Wildman–Crippen MR) is 82.1 cm³/mol. The van der Waals surface area contributed by atoms with E-state index in [0.29, 0.717) is 0 Å². The lowest BCUT2D eigenvalue weighted by atomic mass is 10.1. The molecule has 0 bridgehead atoms. The minimum atomic E-state index is 0.754. The molecule has 0 saturated carbocycles. The van der Waals surface area contributed by atoms with Crippen molar-refractivity contribution in [3.05, 3.63) is 52.4 Å². The maximum atomic E-state index is 5.85. The standard InChI is InChI=1S/C17H19ClN/c1-14(2)13-19-11-9-16(10-12-19)4-3-15-5-7-17(18)8-6-15/h5-9H,10-13H2,1-2H3. The smallest absolute Gasteiger partial charge is 0.0406 e. The van der Waals surface area contributed by atoms with Crippen LogP contribution in [0.3, 0.4) is 0 Å². The largest absolute Gasteiger partial charge is 0.299 e. The summed E-state index contributed by atoms with van der Waals surface area (Å²) in [4.78, 5) is 2.45. The van der Waals surface area contributed by atoms with Gasteiger partial charge in [0.05, 0.1) is 0 Å². The van der Waals surface area contributed by atoms with E-state index in [9.17, 15) is 0 Å². The van der Waals surface area contributed by atoms with Crippen LogP contribution in [-0.2, 0) is 0 Å². The van der Waals surface area contributed by atoms with Gasteiger partial charge in [-0.3, -0.25) is 4.90 Å². The maximum Gasteiger partial charge on any atom is 0.0406 e. The Kier molecular flexibility index (Phi) is 5.07. The van der Waals surface area contributed by atoms with Gasteiger partial charge in [0, 0.05) is 35.8 Å². The molecule has 1 aromatic rings. The molecule has 1 aliphatic rings. The first-order chi connectivity index (χ1) is 9.13. The van der Waals surface area contributed by atoms with Crippen LogP contribution in [0.15, 0.2) is 35.9 Å². The highest BCUT2D eigenvalue weighted by Gasteiger charge is 2.11. The first kappa shape index (κ1) is 14.2. The maximum absolute atomic E-state index is 5.85. The second kappa shape index (κ2) is 6.80. The normalized spacial score (nSPS) is 15.9. The highest BCUT2D eigenvalue weighted by atomic mass is 35.5. The average Bonchev–Trinajstić information content (AvgIpc) is 2.39. The quantitative estimate of drug-likeness (QED) is 0.737. The van der Waals surface area contributed by atoms with Crippen molar-refractivity contribution >= 4 is 11.6 Å². The molecule has 1 nitrogen and oxygen atoms in total. The van der Waals surface area contributed by atoms with Gasteiger partial charge in [-0.25, -0.2) is 0 Å². The Morgan fingerprint density at radius 3 is 2.53 bits per heavy atom. The van der Waals surface area contributed by atoms with Gasteiger partial charge in [-0.05, 0) is 36.6 Å². The minimum absolute atomic E-state index is 0.754. The van der Waals surface area contributed by atoms with E-state index in [1.807, 2.05) is 24.3 Å². The molecule has 2 heteroatoms. The van der Waals surface area contributed by atoms with E-state index in [2.05, 4.69) is 36.7 Å². The van der Waals surface area contributed by atoms with E-state index in [-0.39, 0.29) is 0 Å². The zero-order chi connectivity index (χ0) is 13.7. The van der Waals surface area contributed by atoms with Gasteiger partial charge in [0.1, 0.15) is 0 Å². The van der Waals surface area contributed by atoms with E-state index in [4.69, 9.17) is 11.6 Å². The van der Waals surface area contributed by atoms with Gasteiger partial charge in [-0.1, -0.05) is 43.4 Å². The van der Waals surface area contributed by atoms with Crippen LogP contribution in [0.2, 0.25) is 5.02 Å². The molecule has 0 fully saturated rings. The van der Waals surface area contributed by atoms with Gasteiger partial charge in [-0.15, -0.1) is 0 Å². The zero-order valence-corrected chi connectivity index (χ0v) is 12.3. The van der Waals surface area contributed by atoms with E-state index >= 15 is 0 Å². The lowest BCUT2D eigenvalue weighted by Gasteiger charge is -2.26. The summed E-state index contributed by atoms with van der Waals surface area (Å²) in [5.41, 5.74) is 2.27. The Bertz CT molecular complexity index is 502. The highest BCUT2D eigenvalue weighted by Crippen LogP contribution is 2.13. The van der Waals surface area contributed by atoms with Crippen molar-refractivity contribution in [2.75, 3.05) is 19.6 Å². The summed E-state index contributed by atoms with van der Waals surface area (Å²) in [7, 11) is 0. The number of benzene rings is 1. The Balaban J connectivity index is 1.94. The predicted octanol–water partition coefficient (Wildman–Crippen LogP) is 3.94. The van der Waals surface area contributed by atoms with Crippen LogP contribution < -0.4 is 0 Å². The van der Waals surface area contributed by atoms with Gasteiger partial charge in [0.15, 0.2) is 0 Å². The van der Waals surface area contributed by atoms with Crippen LogP contribution >= 0.6 is 11.6 Å². The molecule has 1 heterocycles. The monoisotopic (exact) mass is 272 g/mol. The number of hydrogen-bond acceptors (Lipinski definition) is 1. The Morgan fingerprint density at radius 1 is 1.21 bits per heavy atom. The molecular formula is C17H19ClN. The first-order valence-corrected chi connectivity index (χ1v) is 6.99. The third kappa shape index (κ3) is 4.74. The Morgan fingerprint density at radius 2 is 1.95 bits per heavy atom. The van der Waals surface area contributed by atoms with E-state index in [0.717, 1.165) is 36.6 Å². The highest BCUT2D eigenvalue weighted by molar-refractivity contribution is 6.30. The lowest BCUT2D eigenvalue weighted by molar-refractivity contribution is 0.307. The van der Waals surface area contributed by atoms with Crippen LogP contribution in [0.25, 0.3) is 0 Å². The molecule has 0 spiro atoms. The van der Waals surface area contributed by atoms with Crippen LogP contribution in [0.4, 0.5) is 0 Å². The topological polar surface area (TPSA) is 3.24 Å². The lowest BCUT2D eigenvalue weighted by Crippen LogP contribution is -2.31. The van der Waals surface area contributed by atoms with Crippen LogP contribution in [0.5, 0.6) is 0 Å². The van der Waals surface area contributed by atoms with Gasteiger partial charge in [0.25, 0.3) is 0 Å². The fraction of sp³-hybridized carbons (Fsp3) is 0.353.